The maximum Gasteiger partial charge on any atom is 0.432 e. The molecular weight excluding hydrogens is 506 g/mol. The van der Waals surface area contributed by atoms with Crippen LogP contribution < -0.4 is 4.74 Å². The molecule has 4 rings (SSSR count). The molecule has 4 aromatic carbocycles. The molecule has 0 amide bonds. The fourth-order valence-corrected chi connectivity index (χ4v) is 3.47. The fourth-order valence-electron chi connectivity index (χ4n) is 3.47. The average Bonchev–Trinajstić information content (AvgIpc) is 2.76. The first kappa shape index (κ1) is 25.1. The van der Waals surface area contributed by atoms with Gasteiger partial charge in [-0.25, -0.2) is 35.1 Å². The van der Waals surface area contributed by atoms with E-state index in [2.05, 4.69) is 4.74 Å². The predicted octanol–water partition coefficient (Wildman–Crippen LogP) is 8.26. The van der Waals surface area contributed by atoms with E-state index in [9.17, 15) is 43.9 Å². The summed E-state index contributed by atoms with van der Waals surface area (Å²) in [6.45, 7) is 0. The third-order valence-corrected chi connectivity index (χ3v) is 5.03. The number of halogens is 10. The minimum absolute atomic E-state index is 0.0292. The zero-order valence-corrected chi connectivity index (χ0v) is 17.5. The summed E-state index contributed by atoms with van der Waals surface area (Å²) in [5.41, 5.74) is -3.81. The molecule has 36 heavy (non-hydrogen) atoms. The SMILES string of the molecule is Fc1cccc(-c2cc(F)c(-c3cc(F)c(C(F)(F)Oc4cc(F)c(F)c(F)c4)c(F)c3)c(F)c2)c1. The molecule has 0 bridgehead atoms. The minimum atomic E-state index is -4.87. The van der Waals surface area contributed by atoms with E-state index in [1.54, 1.807) is 0 Å². The highest BCUT2D eigenvalue weighted by atomic mass is 19.3. The summed E-state index contributed by atoms with van der Waals surface area (Å²) in [7, 11) is 0. The van der Waals surface area contributed by atoms with Gasteiger partial charge in [-0.1, -0.05) is 12.1 Å². The Bertz CT molecular complexity index is 1410. The van der Waals surface area contributed by atoms with Gasteiger partial charge in [0.25, 0.3) is 0 Å². The van der Waals surface area contributed by atoms with Gasteiger partial charge in [0.05, 0.1) is 5.56 Å². The highest BCUT2D eigenvalue weighted by Gasteiger charge is 2.42. The van der Waals surface area contributed by atoms with Crippen LogP contribution in [0.25, 0.3) is 22.3 Å². The van der Waals surface area contributed by atoms with Gasteiger partial charge in [0.2, 0.25) is 0 Å². The first-order valence-corrected chi connectivity index (χ1v) is 9.83. The summed E-state index contributed by atoms with van der Waals surface area (Å²) >= 11 is 0. The highest BCUT2D eigenvalue weighted by Crippen LogP contribution is 2.39. The molecule has 4 aromatic rings. The summed E-state index contributed by atoms with van der Waals surface area (Å²) < 4.78 is 145. The number of alkyl halides is 2. The second-order valence-electron chi connectivity index (χ2n) is 7.46. The molecule has 0 aliphatic carbocycles. The molecular formula is C25H10F10O. The van der Waals surface area contributed by atoms with Gasteiger partial charge < -0.3 is 4.74 Å². The second kappa shape index (κ2) is 9.21. The van der Waals surface area contributed by atoms with Crippen molar-refractivity contribution in [3.05, 3.63) is 113 Å². The van der Waals surface area contributed by atoms with Gasteiger partial charge in [-0.05, 0) is 53.1 Å². The Morgan fingerprint density at radius 2 is 1.06 bits per heavy atom. The molecule has 0 saturated heterocycles. The Morgan fingerprint density at radius 3 is 1.58 bits per heavy atom. The van der Waals surface area contributed by atoms with E-state index in [1.165, 1.54) is 12.1 Å². The van der Waals surface area contributed by atoms with E-state index >= 15 is 0 Å². The Labute approximate surface area is 196 Å². The standard InChI is InChI=1S/C25H10F10O/c26-14-3-1-2-11(4-14)12-5-16(27)22(17(28)6-12)13-7-18(29)23(19(30)8-13)25(34,35)36-15-9-20(31)24(33)21(32)10-15/h1-10H. The molecule has 0 radical (unpaired) electrons. The lowest BCUT2D eigenvalue weighted by atomic mass is 9.97. The summed E-state index contributed by atoms with van der Waals surface area (Å²) in [5, 5.41) is 0. The van der Waals surface area contributed by atoms with E-state index in [-0.39, 0.29) is 35.4 Å². The van der Waals surface area contributed by atoms with Crippen LogP contribution >= 0.6 is 0 Å². The van der Waals surface area contributed by atoms with Crippen molar-refractivity contribution >= 4 is 0 Å². The van der Waals surface area contributed by atoms with Crippen molar-refractivity contribution in [3.63, 3.8) is 0 Å². The van der Waals surface area contributed by atoms with Gasteiger partial charge in [0, 0.05) is 12.1 Å². The molecule has 0 aliphatic heterocycles. The van der Waals surface area contributed by atoms with Crippen LogP contribution in [0.1, 0.15) is 5.56 Å². The van der Waals surface area contributed by atoms with Crippen molar-refractivity contribution in [1.29, 1.82) is 0 Å². The van der Waals surface area contributed by atoms with E-state index < -0.39 is 75.1 Å². The smallest absolute Gasteiger partial charge is 0.429 e. The number of hydrogen-bond donors (Lipinski definition) is 0. The molecule has 0 fully saturated rings. The van der Waals surface area contributed by atoms with Crippen LogP contribution in [0.15, 0.2) is 60.7 Å². The Kier molecular flexibility index (Phi) is 6.42. The Morgan fingerprint density at radius 1 is 0.528 bits per heavy atom. The summed E-state index contributed by atoms with van der Waals surface area (Å²) in [5.74, 6) is -14.4. The lowest BCUT2D eigenvalue weighted by Gasteiger charge is -2.20. The van der Waals surface area contributed by atoms with Gasteiger partial charge >= 0.3 is 6.11 Å². The Balaban J connectivity index is 1.73. The van der Waals surface area contributed by atoms with Crippen LogP contribution in [0.4, 0.5) is 43.9 Å². The Hall–Kier alpha value is -4.02. The van der Waals surface area contributed by atoms with E-state index in [0.29, 0.717) is 0 Å². The van der Waals surface area contributed by atoms with Crippen molar-refractivity contribution < 1.29 is 48.6 Å². The molecule has 0 atom stereocenters. The lowest BCUT2D eigenvalue weighted by molar-refractivity contribution is -0.189. The topological polar surface area (TPSA) is 9.23 Å². The molecule has 0 unspecified atom stereocenters. The second-order valence-corrected chi connectivity index (χ2v) is 7.46. The molecule has 0 N–H and O–H groups in total. The number of hydrogen-bond acceptors (Lipinski definition) is 1. The van der Waals surface area contributed by atoms with E-state index in [1.807, 2.05) is 0 Å². The number of benzene rings is 4. The van der Waals surface area contributed by atoms with Crippen molar-refractivity contribution in [3.8, 4) is 28.0 Å². The van der Waals surface area contributed by atoms with Gasteiger partial charge in [-0.3, -0.25) is 0 Å². The molecule has 0 saturated carbocycles. The quantitative estimate of drug-likeness (QED) is 0.192. The normalized spacial score (nSPS) is 11.6. The maximum absolute atomic E-state index is 14.7. The van der Waals surface area contributed by atoms with Crippen LogP contribution in [-0.2, 0) is 6.11 Å². The van der Waals surface area contributed by atoms with Crippen LogP contribution in [0.5, 0.6) is 5.75 Å². The molecule has 0 heterocycles. The van der Waals surface area contributed by atoms with E-state index in [4.69, 9.17) is 0 Å². The molecule has 0 aliphatic rings. The largest absolute Gasteiger partial charge is 0.432 e. The average molecular weight is 516 g/mol. The van der Waals surface area contributed by atoms with Crippen LogP contribution in [-0.4, -0.2) is 0 Å². The van der Waals surface area contributed by atoms with Crippen molar-refractivity contribution in [1.82, 2.24) is 0 Å². The van der Waals surface area contributed by atoms with Gasteiger partial charge in [-0.15, -0.1) is 0 Å². The van der Waals surface area contributed by atoms with Crippen LogP contribution in [0.2, 0.25) is 0 Å². The van der Waals surface area contributed by atoms with Crippen molar-refractivity contribution in [2.45, 2.75) is 6.11 Å². The third kappa shape index (κ3) is 4.73. The van der Waals surface area contributed by atoms with Crippen LogP contribution in [0.3, 0.4) is 0 Å². The summed E-state index contributed by atoms with van der Waals surface area (Å²) in [6, 6.07) is 6.70. The third-order valence-electron chi connectivity index (χ3n) is 5.03. The van der Waals surface area contributed by atoms with Crippen LogP contribution in [0, 0.1) is 46.5 Å². The number of ether oxygens (including phenoxy) is 1. The molecule has 186 valence electrons. The van der Waals surface area contributed by atoms with Gasteiger partial charge in [0.15, 0.2) is 17.5 Å². The zero-order chi connectivity index (χ0) is 26.4. The molecule has 11 heteroatoms. The maximum atomic E-state index is 14.7. The highest BCUT2D eigenvalue weighted by molar-refractivity contribution is 5.72. The van der Waals surface area contributed by atoms with Gasteiger partial charge in [-0.2, -0.15) is 8.78 Å². The van der Waals surface area contributed by atoms with Crippen molar-refractivity contribution in [2.75, 3.05) is 0 Å². The lowest BCUT2D eigenvalue weighted by Crippen LogP contribution is -2.25. The monoisotopic (exact) mass is 516 g/mol. The summed E-state index contributed by atoms with van der Waals surface area (Å²) in [4.78, 5) is 0. The fraction of sp³-hybridized carbons (Fsp3) is 0.0400. The van der Waals surface area contributed by atoms with E-state index in [0.717, 1.165) is 24.3 Å². The molecule has 1 nitrogen and oxygen atoms in total. The zero-order valence-electron chi connectivity index (χ0n) is 17.5. The summed E-state index contributed by atoms with van der Waals surface area (Å²) in [6.07, 6.45) is -4.87. The molecule has 0 spiro atoms. The first-order chi connectivity index (χ1) is 16.9. The molecule has 0 aromatic heterocycles. The predicted molar refractivity (Wildman–Crippen MR) is 108 cm³/mol. The first-order valence-electron chi connectivity index (χ1n) is 9.83. The number of rotatable bonds is 5. The van der Waals surface area contributed by atoms with Gasteiger partial charge in [0.1, 0.15) is 40.4 Å². The minimum Gasteiger partial charge on any atom is -0.429 e. The van der Waals surface area contributed by atoms with Crippen molar-refractivity contribution in [2.24, 2.45) is 0 Å².